The Kier molecular flexibility index (Phi) is 7.54. The number of guanidine groups is 1. The summed E-state index contributed by atoms with van der Waals surface area (Å²) < 4.78 is 11.9. The van der Waals surface area contributed by atoms with Gasteiger partial charge in [-0.2, -0.15) is 0 Å². The fraction of sp³-hybridized carbons (Fsp3) is 0.524. The van der Waals surface area contributed by atoms with Gasteiger partial charge >= 0.3 is 0 Å². The molecule has 1 aliphatic carbocycles. The van der Waals surface area contributed by atoms with Gasteiger partial charge < -0.3 is 20.1 Å². The predicted octanol–water partition coefficient (Wildman–Crippen LogP) is 4.04. The number of aryl methyl sites for hydroxylation is 1. The van der Waals surface area contributed by atoms with Crippen LogP contribution in [0, 0.1) is 6.92 Å². The normalized spacial score (nSPS) is 14.9. The number of rotatable bonds is 8. The van der Waals surface area contributed by atoms with Crippen LogP contribution < -0.4 is 20.1 Å². The van der Waals surface area contributed by atoms with Crippen molar-refractivity contribution in [3.8, 4) is 11.5 Å². The van der Waals surface area contributed by atoms with Gasteiger partial charge in [-0.15, -0.1) is 11.3 Å². The predicted molar refractivity (Wildman–Crippen MR) is 114 cm³/mol. The number of aromatic nitrogens is 1. The molecule has 0 aliphatic heterocycles. The van der Waals surface area contributed by atoms with E-state index in [0.29, 0.717) is 13.1 Å². The van der Waals surface area contributed by atoms with Crippen LogP contribution in [0.2, 0.25) is 0 Å². The fourth-order valence-electron chi connectivity index (χ4n) is 3.30. The van der Waals surface area contributed by atoms with Crippen molar-refractivity contribution in [1.29, 1.82) is 0 Å². The molecule has 2 aromatic rings. The highest BCUT2D eigenvalue weighted by Crippen LogP contribution is 2.35. The minimum Gasteiger partial charge on any atom is -0.493 e. The van der Waals surface area contributed by atoms with Gasteiger partial charge in [0.2, 0.25) is 0 Å². The molecule has 28 heavy (non-hydrogen) atoms. The molecule has 1 aromatic carbocycles. The second-order valence-electron chi connectivity index (χ2n) is 6.89. The second kappa shape index (κ2) is 10.3. The number of nitrogens with zero attached hydrogens (tertiary/aromatic N) is 2. The number of thiazole rings is 1. The minimum atomic E-state index is 0.276. The van der Waals surface area contributed by atoms with E-state index < -0.39 is 0 Å². The largest absolute Gasteiger partial charge is 0.493 e. The molecule has 0 unspecified atom stereocenters. The van der Waals surface area contributed by atoms with Crippen LogP contribution in [0.3, 0.4) is 0 Å². The van der Waals surface area contributed by atoms with E-state index in [4.69, 9.17) is 14.5 Å². The molecule has 0 saturated heterocycles. The number of benzene rings is 1. The summed E-state index contributed by atoms with van der Waals surface area (Å²) in [6.45, 7) is 6.10. The van der Waals surface area contributed by atoms with E-state index in [0.717, 1.165) is 47.4 Å². The molecule has 0 bridgehead atoms. The van der Waals surface area contributed by atoms with Crippen molar-refractivity contribution in [3.05, 3.63) is 39.8 Å². The second-order valence-corrected chi connectivity index (χ2v) is 8.21. The summed E-state index contributed by atoms with van der Waals surface area (Å²) in [4.78, 5) is 10.4. The Morgan fingerprint density at radius 2 is 2.11 bits per heavy atom. The molecular weight excluding hydrogens is 372 g/mol. The zero-order valence-electron chi connectivity index (χ0n) is 17.0. The van der Waals surface area contributed by atoms with E-state index in [1.165, 1.54) is 17.7 Å². The van der Waals surface area contributed by atoms with Gasteiger partial charge in [-0.1, -0.05) is 12.1 Å². The van der Waals surface area contributed by atoms with Gasteiger partial charge in [-0.3, -0.25) is 0 Å². The average molecular weight is 403 g/mol. The lowest BCUT2D eigenvalue weighted by atomic mass is 10.1. The van der Waals surface area contributed by atoms with Crippen molar-refractivity contribution in [3.63, 3.8) is 0 Å². The van der Waals surface area contributed by atoms with Crippen molar-refractivity contribution in [2.75, 3.05) is 13.7 Å². The average Bonchev–Trinajstić information content (AvgIpc) is 3.36. The molecule has 0 spiro atoms. The maximum absolute atomic E-state index is 6.31. The zero-order valence-corrected chi connectivity index (χ0v) is 17.8. The molecule has 7 heteroatoms. The van der Waals surface area contributed by atoms with Gasteiger partial charge in [-0.25, -0.2) is 9.98 Å². The standard InChI is InChI=1S/C21H30N4O2S/c1-4-22-21(25-14-19-23-12-15(2)28-19)24-13-16-8-7-11-18(26-3)20(16)27-17-9-5-6-10-17/h7-8,11-12,17H,4-6,9-10,13-14H2,1-3H3,(H2,22,24,25). The van der Waals surface area contributed by atoms with Crippen molar-refractivity contribution in [1.82, 2.24) is 15.6 Å². The van der Waals surface area contributed by atoms with Crippen LogP contribution in [-0.2, 0) is 13.1 Å². The summed E-state index contributed by atoms with van der Waals surface area (Å²) in [6.07, 6.45) is 6.86. The Balaban J connectivity index is 1.71. The molecule has 1 fully saturated rings. The van der Waals surface area contributed by atoms with Crippen LogP contribution in [0.15, 0.2) is 29.4 Å². The monoisotopic (exact) mass is 402 g/mol. The van der Waals surface area contributed by atoms with Gasteiger partial charge in [0, 0.05) is 23.2 Å². The van der Waals surface area contributed by atoms with E-state index >= 15 is 0 Å². The van der Waals surface area contributed by atoms with Crippen LogP contribution in [0.5, 0.6) is 11.5 Å². The van der Waals surface area contributed by atoms with E-state index in [-0.39, 0.29) is 6.10 Å². The molecule has 0 radical (unpaired) electrons. The molecule has 1 aromatic heterocycles. The SMILES string of the molecule is CCNC(=NCc1cccc(OC)c1OC1CCCC1)NCc1ncc(C)s1. The highest BCUT2D eigenvalue weighted by Gasteiger charge is 2.20. The summed E-state index contributed by atoms with van der Waals surface area (Å²) in [7, 11) is 1.69. The van der Waals surface area contributed by atoms with Gasteiger partial charge in [-0.05, 0) is 45.6 Å². The van der Waals surface area contributed by atoms with Crippen LogP contribution in [-0.4, -0.2) is 30.7 Å². The molecule has 1 aliphatic rings. The molecular formula is C21H30N4O2S. The van der Waals surface area contributed by atoms with E-state index in [1.807, 2.05) is 18.3 Å². The third-order valence-electron chi connectivity index (χ3n) is 4.70. The Morgan fingerprint density at radius 1 is 1.29 bits per heavy atom. The smallest absolute Gasteiger partial charge is 0.191 e. The first kappa shape index (κ1) is 20.5. The Labute approximate surface area is 171 Å². The first-order valence-corrected chi connectivity index (χ1v) is 10.8. The van der Waals surface area contributed by atoms with E-state index in [1.54, 1.807) is 18.4 Å². The lowest BCUT2D eigenvalue weighted by Crippen LogP contribution is -2.36. The van der Waals surface area contributed by atoms with Gasteiger partial charge in [0.15, 0.2) is 17.5 Å². The number of methoxy groups -OCH3 is 1. The third kappa shape index (κ3) is 5.61. The first-order valence-electron chi connectivity index (χ1n) is 9.95. The van der Waals surface area contributed by atoms with Crippen LogP contribution >= 0.6 is 11.3 Å². The molecule has 1 saturated carbocycles. The Bertz CT molecular complexity index is 784. The fourth-order valence-corrected chi connectivity index (χ4v) is 4.03. The lowest BCUT2D eigenvalue weighted by molar-refractivity contribution is 0.198. The molecule has 0 amide bonds. The number of nitrogens with one attached hydrogen (secondary N) is 2. The van der Waals surface area contributed by atoms with Crippen molar-refractivity contribution in [2.24, 2.45) is 4.99 Å². The van der Waals surface area contributed by atoms with Crippen molar-refractivity contribution in [2.45, 2.75) is 58.7 Å². The number of para-hydroxylation sites is 1. The summed E-state index contributed by atoms with van der Waals surface area (Å²) in [6, 6.07) is 6.00. The van der Waals surface area contributed by atoms with Crippen LogP contribution in [0.4, 0.5) is 0 Å². The summed E-state index contributed by atoms with van der Waals surface area (Å²) in [5.41, 5.74) is 1.04. The molecule has 6 nitrogen and oxygen atoms in total. The minimum absolute atomic E-state index is 0.276. The topological polar surface area (TPSA) is 67.8 Å². The van der Waals surface area contributed by atoms with Gasteiger partial charge in [0.05, 0.1) is 26.3 Å². The van der Waals surface area contributed by atoms with E-state index in [9.17, 15) is 0 Å². The maximum atomic E-state index is 6.31. The van der Waals surface area contributed by atoms with Crippen molar-refractivity contribution >= 4 is 17.3 Å². The highest BCUT2D eigenvalue weighted by atomic mass is 32.1. The zero-order chi connectivity index (χ0) is 19.8. The van der Waals surface area contributed by atoms with Crippen LogP contribution in [0.1, 0.15) is 48.1 Å². The van der Waals surface area contributed by atoms with Crippen molar-refractivity contribution < 1.29 is 9.47 Å². The van der Waals surface area contributed by atoms with Crippen LogP contribution in [0.25, 0.3) is 0 Å². The van der Waals surface area contributed by atoms with Gasteiger partial charge in [0.1, 0.15) is 5.01 Å². The molecule has 1 heterocycles. The molecule has 2 N–H and O–H groups in total. The molecule has 0 atom stereocenters. The Morgan fingerprint density at radius 3 is 2.79 bits per heavy atom. The summed E-state index contributed by atoms with van der Waals surface area (Å²) in [5, 5.41) is 7.70. The first-order chi connectivity index (χ1) is 13.7. The lowest BCUT2D eigenvalue weighted by Gasteiger charge is -2.19. The van der Waals surface area contributed by atoms with E-state index in [2.05, 4.69) is 35.5 Å². The number of ether oxygens (including phenoxy) is 2. The maximum Gasteiger partial charge on any atom is 0.191 e. The summed E-state index contributed by atoms with van der Waals surface area (Å²) >= 11 is 1.69. The number of hydrogen-bond donors (Lipinski definition) is 2. The quantitative estimate of drug-likeness (QED) is 0.515. The number of aliphatic imine (C=N–C) groups is 1. The highest BCUT2D eigenvalue weighted by molar-refractivity contribution is 7.11. The van der Waals surface area contributed by atoms with Gasteiger partial charge in [0.25, 0.3) is 0 Å². The molecule has 152 valence electrons. The summed E-state index contributed by atoms with van der Waals surface area (Å²) in [5.74, 6) is 2.37. The molecule has 3 rings (SSSR count). The Hall–Kier alpha value is -2.28. The third-order valence-corrected chi connectivity index (χ3v) is 5.61. The number of hydrogen-bond acceptors (Lipinski definition) is 5.